The summed E-state index contributed by atoms with van der Waals surface area (Å²) in [4.78, 5) is 11.0. The van der Waals surface area contributed by atoms with Crippen LogP contribution in [-0.4, -0.2) is 24.4 Å². The molecule has 74 valence electrons. The van der Waals surface area contributed by atoms with Crippen molar-refractivity contribution in [2.24, 2.45) is 10.9 Å². The van der Waals surface area contributed by atoms with Crippen molar-refractivity contribution in [2.75, 3.05) is 7.11 Å². The first-order valence-electron chi connectivity index (χ1n) is 3.85. The van der Waals surface area contributed by atoms with Gasteiger partial charge in [-0.05, 0) is 12.1 Å². The second kappa shape index (κ2) is 4.27. The van der Waals surface area contributed by atoms with Crippen LogP contribution in [0.4, 0.5) is 0 Å². The average Bonchev–Trinajstić information content (AvgIpc) is 2.18. The van der Waals surface area contributed by atoms with Crippen LogP contribution in [0.15, 0.2) is 23.4 Å². The molecule has 1 rings (SSSR count). The van der Waals surface area contributed by atoms with E-state index in [9.17, 15) is 4.79 Å². The Morgan fingerprint density at radius 3 is 2.86 bits per heavy atom. The van der Waals surface area contributed by atoms with Crippen molar-refractivity contribution < 1.29 is 14.7 Å². The number of carbonyl (C=O) groups is 1. The summed E-state index contributed by atoms with van der Waals surface area (Å²) in [5.74, 6) is -0.284. The predicted octanol–water partition coefficient (Wildman–Crippen LogP) is 0.602. The fourth-order valence-electron chi connectivity index (χ4n) is 1.14. The Morgan fingerprint density at radius 1 is 1.64 bits per heavy atom. The Hall–Kier alpha value is -2.04. The molecule has 0 atom stereocenters. The molecule has 1 amide bonds. The summed E-state index contributed by atoms with van der Waals surface area (Å²) in [6.07, 6.45) is 1.17. The highest BCUT2D eigenvalue weighted by Crippen LogP contribution is 2.21. The maximum absolute atomic E-state index is 11.0. The number of ether oxygens (including phenoxy) is 1. The van der Waals surface area contributed by atoms with E-state index >= 15 is 0 Å². The highest BCUT2D eigenvalue weighted by molar-refractivity contribution is 5.99. The molecule has 0 spiro atoms. The summed E-state index contributed by atoms with van der Waals surface area (Å²) in [5.41, 5.74) is 5.88. The van der Waals surface area contributed by atoms with E-state index in [4.69, 9.17) is 15.7 Å². The molecule has 14 heavy (non-hydrogen) atoms. The number of benzene rings is 1. The molecule has 1 aromatic carbocycles. The zero-order chi connectivity index (χ0) is 10.6. The second-order valence-corrected chi connectivity index (χ2v) is 2.54. The molecule has 0 saturated carbocycles. The van der Waals surface area contributed by atoms with Crippen LogP contribution < -0.4 is 10.5 Å². The molecule has 0 saturated heterocycles. The number of hydrogen-bond acceptors (Lipinski definition) is 4. The molecular weight excluding hydrogens is 184 g/mol. The number of oxime groups is 1. The van der Waals surface area contributed by atoms with Crippen molar-refractivity contribution in [1.82, 2.24) is 0 Å². The van der Waals surface area contributed by atoms with Crippen molar-refractivity contribution in [1.29, 1.82) is 0 Å². The molecule has 0 aromatic heterocycles. The standard InChI is InChI=1S/C9H10N2O3/c1-14-8-6(5-11-13)3-2-4-7(8)9(10)12/h2-5,13H,1H3,(H2,10,12)/b11-5+. The van der Waals surface area contributed by atoms with Crippen LogP contribution in [0.2, 0.25) is 0 Å². The van der Waals surface area contributed by atoms with Gasteiger partial charge in [0.2, 0.25) is 0 Å². The van der Waals surface area contributed by atoms with Gasteiger partial charge in [-0.25, -0.2) is 0 Å². The third-order valence-electron chi connectivity index (χ3n) is 1.71. The molecule has 0 bridgehead atoms. The lowest BCUT2D eigenvalue weighted by Crippen LogP contribution is -2.13. The monoisotopic (exact) mass is 194 g/mol. The first-order valence-corrected chi connectivity index (χ1v) is 3.85. The van der Waals surface area contributed by atoms with Crippen LogP contribution in [0.1, 0.15) is 15.9 Å². The fraction of sp³-hybridized carbons (Fsp3) is 0.111. The molecule has 0 aliphatic rings. The zero-order valence-electron chi connectivity index (χ0n) is 7.60. The van der Waals surface area contributed by atoms with Crippen LogP contribution in [-0.2, 0) is 0 Å². The minimum Gasteiger partial charge on any atom is -0.495 e. The first-order chi connectivity index (χ1) is 6.70. The van der Waals surface area contributed by atoms with Crippen molar-refractivity contribution in [3.05, 3.63) is 29.3 Å². The van der Waals surface area contributed by atoms with Crippen molar-refractivity contribution >= 4 is 12.1 Å². The van der Waals surface area contributed by atoms with Gasteiger partial charge >= 0.3 is 0 Å². The molecule has 5 nitrogen and oxygen atoms in total. The molecule has 0 aliphatic carbocycles. The van der Waals surface area contributed by atoms with Gasteiger partial charge in [-0.1, -0.05) is 11.2 Å². The molecule has 0 fully saturated rings. The predicted molar refractivity (Wildman–Crippen MR) is 50.9 cm³/mol. The Labute approximate surface area is 80.8 Å². The number of nitrogens with two attached hydrogens (primary N) is 1. The van der Waals surface area contributed by atoms with E-state index < -0.39 is 5.91 Å². The minimum absolute atomic E-state index is 0.255. The van der Waals surface area contributed by atoms with E-state index in [-0.39, 0.29) is 5.56 Å². The molecule has 0 heterocycles. The molecule has 3 N–H and O–H groups in total. The Kier molecular flexibility index (Phi) is 3.06. The first kappa shape index (κ1) is 10.0. The van der Waals surface area contributed by atoms with Gasteiger partial charge in [0.1, 0.15) is 5.75 Å². The SMILES string of the molecule is COc1c(/C=N/O)cccc1C(N)=O. The largest absolute Gasteiger partial charge is 0.495 e. The number of nitrogens with zero attached hydrogens (tertiary/aromatic N) is 1. The average molecular weight is 194 g/mol. The smallest absolute Gasteiger partial charge is 0.252 e. The maximum atomic E-state index is 11.0. The topological polar surface area (TPSA) is 84.9 Å². The summed E-state index contributed by atoms with van der Waals surface area (Å²) in [6.45, 7) is 0. The second-order valence-electron chi connectivity index (χ2n) is 2.54. The van der Waals surface area contributed by atoms with Crippen LogP contribution in [0.5, 0.6) is 5.75 Å². The highest BCUT2D eigenvalue weighted by atomic mass is 16.5. The summed E-state index contributed by atoms with van der Waals surface area (Å²) in [7, 11) is 1.41. The normalized spacial score (nSPS) is 10.4. The Morgan fingerprint density at radius 2 is 2.36 bits per heavy atom. The number of methoxy groups -OCH3 is 1. The molecule has 1 aromatic rings. The molecule has 0 aliphatic heterocycles. The lowest BCUT2D eigenvalue weighted by molar-refractivity contribution is 0.0997. The summed E-state index contributed by atoms with van der Waals surface area (Å²) in [6, 6.07) is 4.81. The van der Waals surface area contributed by atoms with Gasteiger partial charge in [0.05, 0.1) is 18.9 Å². The maximum Gasteiger partial charge on any atom is 0.252 e. The zero-order valence-corrected chi connectivity index (χ0v) is 7.60. The molecule has 5 heteroatoms. The van der Waals surface area contributed by atoms with Crippen LogP contribution in [0.3, 0.4) is 0 Å². The van der Waals surface area contributed by atoms with Crippen LogP contribution in [0, 0.1) is 0 Å². The van der Waals surface area contributed by atoms with Crippen molar-refractivity contribution in [3.8, 4) is 5.75 Å². The van der Waals surface area contributed by atoms with Crippen LogP contribution >= 0.6 is 0 Å². The number of para-hydroxylation sites is 1. The molecular formula is C9H10N2O3. The van der Waals surface area contributed by atoms with Gasteiger partial charge in [0.25, 0.3) is 5.91 Å². The van der Waals surface area contributed by atoms with E-state index in [0.29, 0.717) is 11.3 Å². The third kappa shape index (κ3) is 1.82. The minimum atomic E-state index is -0.588. The summed E-state index contributed by atoms with van der Waals surface area (Å²) < 4.78 is 4.99. The van der Waals surface area contributed by atoms with Gasteiger partial charge in [-0.3, -0.25) is 4.79 Å². The Bertz CT molecular complexity index is 374. The van der Waals surface area contributed by atoms with Gasteiger partial charge in [0, 0.05) is 5.56 Å². The van der Waals surface area contributed by atoms with Gasteiger partial charge in [-0.2, -0.15) is 0 Å². The van der Waals surface area contributed by atoms with E-state index in [1.807, 2.05) is 0 Å². The van der Waals surface area contributed by atoms with E-state index in [0.717, 1.165) is 0 Å². The number of rotatable bonds is 3. The number of primary amides is 1. The quantitative estimate of drug-likeness (QED) is 0.420. The van der Waals surface area contributed by atoms with Gasteiger partial charge in [0.15, 0.2) is 0 Å². The van der Waals surface area contributed by atoms with Crippen LogP contribution in [0.25, 0.3) is 0 Å². The third-order valence-corrected chi connectivity index (χ3v) is 1.71. The Balaban J connectivity index is 3.31. The summed E-state index contributed by atoms with van der Waals surface area (Å²) in [5, 5.41) is 11.2. The highest BCUT2D eigenvalue weighted by Gasteiger charge is 2.11. The van der Waals surface area contributed by atoms with Crippen molar-refractivity contribution in [2.45, 2.75) is 0 Å². The summed E-state index contributed by atoms with van der Waals surface area (Å²) >= 11 is 0. The van der Waals surface area contributed by atoms with E-state index in [1.54, 1.807) is 12.1 Å². The van der Waals surface area contributed by atoms with Gasteiger partial charge < -0.3 is 15.7 Å². The lowest BCUT2D eigenvalue weighted by atomic mass is 10.1. The van der Waals surface area contributed by atoms with Gasteiger partial charge in [-0.15, -0.1) is 0 Å². The molecule has 0 unspecified atom stereocenters. The van der Waals surface area contributed by atoms with E-state index in [2.05, 4.69) is 5.16 Å². The fourth-order valence-corrected chi connectivity index (χ4v) is 1.14. The van der Waals surface area contributed by atoms with Crippen molar-refractivity contribution in [3.63, 3.8) is 0 Å². The van der Waals surface area contributed by atoms with E-state index in [1.165, 1.54) is 19.4 Å². The number of hydrogen-bond donors (Lipinski definition) is 2. The number of carbonyl (C=O) groups excluding carboxylic acids is 1. The number of amides is 1. The lowest BCUT2D eigenvalue weighted by Gasteiger charge is -2.07. The molecule has 0 radical (unpaired) electrons.